The van der Waals surface area contributed by atoms with Crippen molar-refractivity contribution >= 4 is 32.7 Å². The van der Waals surface area contributed by atoms with Crippen LogP contribution < -0.4 is 0 Å². The van der Waals surface area contributed by atoms with Gasteiger partial charge < -0.3 is 14.4 Å². The minimum Gasteiger partial charge on any atom is -0.478 e. The van der Waals surface area contributed by atoms with Crippen LogP contribution in [0.2, 0.25) is 0 Å². The van der Waals surface area contributed by atoms with Crippen LogP contribution in [-0.2, 0) is 24.5 Å². The van der Waals surface area contributed by atoms with Crippen LogP contribution in [0.15, 0.2) is 102 Å². The van der Waals surface area contributed by atoms with Gasteiger partial charge in [-0.05, 0) is 52.2 Å². The lowest BCUT2D eigenvalue weighted by molar-refractivity contribution is 0.0697. The van der Waals surface area contributed by atoms with Crippen LogP contribution in [0.25, 0.3) is 22.2 Å². The molecule has 0 aliphatic carbocycles. The molecule has 1 aromatic heterocycles. The fourth-order valence-corrected chi connectivity index (χ4v) is 4.31. The Hall–Kier alpha value is -3.74. The van der Waals surface area contributed by atoms with Crippen LogP contribution in [0.5, 0.6) is 0 Å². The van der Waals surface area contributed by atoms with Gasteiger partial charge in [0, 0.05) is 22.8 Å². The van der Waals surface area contributed by atoms with Crippen molar-refractivity contribution in [3.63, 3.8) is 0 Å². The van der Waals surface area contributed by atoms with E-state index in [0.29, 0.717) is 19.8 Å². The third kappa shape index (κ3) is 5.50. The van der Waals surface area contributed by atoms with Crippen molar-refractivity contribution in [3.8, 4) is 11.4 Å². The number of carbonyl (C=O) groups is 1. The largest absolute Gasteiger partial charge is 0.478 e. The number of imidazole rings is 1. The quantitative estimate of drug-likeness (QED) is 0.238. The number of halogens is 1. The van der Waals surface area contributed by atoms with E-state index in [1.165, 1.54) is 10.8 Å². The highest BCUT2D eigenvalue weighted by molar-refractivity contribution is 9.10. The summed E-state index contributed by atoms with van der Waals surface area (Å²) in [6.07, 6.45) is 2.00. The fourth-order valence-electron chi connectivity index (χ4n) is 4.04. The summed E-state index contributed by atoms with van der Waals surface area (Å²) in [5.41, 5.74) is 4.22. The molecule has 0 saturated heterocycles. The Morgan fingerprint density at radius 2 is 1.57 bits per heavy atom. The molecule has 5 nitrogen and oxygen atoms in total. The molecular weight excluding hydrogens is 504 g/mol. The lowest BCUT2D eigenvalue weighted by Gasteiger charge is -2.08. The summed E-state index contributed by atoms with van der Waals surface area (Å²) in [5, 5.41) is 11.6. The summed E-state index contributed by atoms with van der Waals surface area (Å²) >= 11 is 3.49. The van der Waals surface area contributed by atoms with Gasteiger partial charge in [0.15, 0.2) is 0 Å². The number of fused-ring (bicyclic) bond motifs is 1. The second-order valence-corrected chi connectivity index (χ2v) is 9.28. The molecule has 0 atom stereocenters. The fraction of sp³-hybridized carbons (Fsp3) is 0.103. The Labute approximate surface area is 211 Å². The molecule has 0 saturated carbocycles. The van der Waals surface area contributed by atoms with E-state index in [9.17, 15) is 4.79 Å². The standard InChI is InChI=1S/C29H23BrN2O3/c30-26-13-11-23(12-14-26)28-31-27(17-32(28)16-20-5-9-24(10-6-20)29(33)34)19-35-18-21-7-8-22-3-1-2-4-25(22)15-21/h1-15,17H,16,18-19H2,(H,33,34). The van der Waals surface area contributed by atoms with E-state index in [2.05, 4.69) is 50.8 Å². The first-order valence-corrected chi connectivity index (χ1v) is 12.0. The molecule has 174 valence electrons. The molecule has 1 heterocycles. The van der Waals surface area contributed by atoms with Crippen molar-refractivity contribution in [1.82, 2.24) is 9.55 Å². The van der Waals surface area contributed by atoms with Gasteiger partial charge in [-0.1, -0.05) is 76.6 Å². The van der Waals surface area contributed by atoms with E-state index in [0.717, 1.165) is 32.7 Å². The van der Waals surface area contributed by atoms with Gasteiger partial charge in [0.25, 0.3) is 0 Å². The van der Waals surface area contributed by atoms with Crippen molar-refractivity contribution in [2.45, 2.75) is 19.8 Å². The van der Waals surface area contributed by atoms with E-state index < -0.39 is 5.97 Å². The van der Waals surface area contributed by atoms with Crippen molar-refractivity contribution < 1.29 is 14.6 Å². The van der Waals surface area contributed by atoms with E-state index in [-0.39, 0.29) is 5.56 Å². The normalized spacial score (nSPS) is 11.1. The molecule has 0 spiro atoms. The van der Waals surface area contributed by atoms with Crippen LogP contribution >= 0.6 is 15.9 Å². The summed E-state index contributed by atoms with van der Waals surface area (Å²) in [5.74, 6) is -0.0929. The Morgan fingerprint density at radius 3 is 2.31 bits per heavy atom. The second kappa shape index (κ2) is 10.3. The number of hydrogen-bond acceptors (Lipinski definition) is 3. The molecule has 1 N–H and O–H groups in total. The number of ether oxygens (including phenoxy) is 1. The van der Waals surface area contributed by atoms with Crippen LogP contribution in [0.1, 0.15) is 27.2 Å². The van der Waals surface area contributed by atoms with Crippen LogP contribution in [0, 0.1) is 0 Å². The molecule has 4 aromatic carbocycles. The van der Waals surface area contributed by atoms with Gasteiger partial charge in [-0.3, -0.25) is 0 Å². The predicted molar refractivity (Wildman–Crippen MR) is 140 cm³/mol. The first-order chi connectivity index (χ1) is 17.0. The van der Waals surface area contributed by atoms with Gasteiger partial charge in [0.1, 0.15) is 5.82 Å². The molecule has 0 fully saturated rings. The zero-order valence-corrected chi connectivity index (χ0v) is 20.5. The Bertz CT molecular complexity index is 1470. The number of rotatable bonds is 8. The summed E-state index contributed by atoms with van der Waals surface area (Å²) in [7, 11) is 0. The summed E-state index contributed by atoms with van der Waals surface area (Å²) in [6.45, 7) is 1.46. The van der Waals surface area contributed by atoms with Crippen LogP contribution in [0.4, 0.5) is 0 Å². The van der Waals surface area contributed by atoms with Gasteiger partial charge in [-0.15, -0.1) is 0 Å². The Morgan fingerprint density at radius 1 is 0.857 bits per heavy atom. The Kier molecular flexibility index (Phi) is 6.75. The first-order valence-electron chi connectivity index (χ1n) is 11.2. The molecule has 0 aliphatic heterocycles. The monoisotopic (exact) mass is 526 g/mol. The van der Waals surface area contributed by atoms with E-state index in [1.807, 2.05) is 54.7 Å². The highest BCUT2D eigenvalue weighted by atomic mass is 79.9. The molecular formula is C29H23BrN2O3. The Balaban J connectivity index is 1.35. The maximum absolute atomic E-state index is 11.2. The summed E-state index contributed by atoms with van der Waals surface area (Å²) in [6, 6.07) is 29.6. The van der Waals surface area contributed by atoms with E-state index >= 15 is 0 Å². The lowest BCUT2D eigenvalue weighted by atomic mass is 10.1. The zero-order valence-electron chi connectivity index (χ0n) is 18.9. The number of hydrogen-bond donors (Lipinski definition) is 1. The third-order valence-electron chi connectivity index (χ3n) is 5.82. The van der Waals surface area contributed by atoms with Crippen molar-refractivity contribution in [1.29, 1.82) is 0 Å². The van der Waals surface area contributed by atoms with E-state index in [1.54, 1.807) is 12.1 Å². The minimum absolute atomic E-state index is 0.273. The average molecular weight is 527 g/mol. The predicted octanol–water partition coefficient (Wildman–Crippen LogP) is 6.93. The summed E-state index contributed by atoms with van der Waals surface area (Å²) in [4.78, 5) is 16.0. The molecule has 0 unspecified atom stereocenters. The van der Waals surface area contributed by atoms with Gasteiger partial charge >= 0.3 is 5.97 Å². The highest BCUT2D eigenvalue weighted by Crippen LogP contribution is 2.24. The van der Waals surface area contributed by atoms with Crippen molar-refractivity contribution in [2.75, 3.05) is 0 Å². The SMILES string of the molecule is O=C(O)c1ccc(Cn2cc(COCc3ccc4ccccc4c3)nc2-c2ccc(Br)cc2)cc1. The average Bonchev–Trinajstić information content (AvgIpc) is 3.27. The smallest absolute Gasteiger partial charge is 0.335 e. The number of benzene rings is 4. The topological polar surface area (TPSA) is 64.3 Å². The maximum atomic E-state index is 11.2. The van der Waals surface area contributed by atoms with Gasteiger partial charge in [-0.2, -0.15) is 0 Å². The summed E-state index contributed by atoms with van der Waals surface area (Å²) < 4.78 is 9.10. The molecule has 0 bridgehead atoms. The second-order valence-electron chi connectivity index (χ2n) is 8.37. The van der Waals surface area contributed by atoms with E-state index in [4.69, 9.17) is 14.8 Å². The number of carboxylic acids is 1. The molecule has 6 heteroatoms. The highest BCUT2D eigenvalue weighted by Gasteiger charge is 2.12. The molecule has 0 aliphatic rings. The molecule has 5 rings (SSSR count). The van der Waals surface area contributed by atoms with Crippen LogP contribution in [0.3, 0.4) is 0 Å². The maximum Gasteiger partial charge on any atom is 0.335 e. The number of nitrogens with zero attached hydrogens (tertiary/aromatic N) is 2. The van der Waals surface area contributed by atoms with Crippen molar-refractivity contribution in [2.24, 2.45) is 0 Å². The number of carboxylic acid groups (broad SMARTS) is 1. The molecule has 0 radical (unpaired) electrons. The van der Waals surface area contributed by atoms with Crippen LogP contribution in [-0.4, -0.2) is 20.6 Å². The minimum atomic E-state index is -0.930. The third-order valence-corrected chi connectivity index (χ3v) is 6.34. The van der Waals surface area contributed by atoms with Gasteiger partial charge in [0.05, 0.1) is 24.5 Å². The van der Waals surface area contributed by atoms with Gasteiger partial charge in [0.2, 0.25) is 0 Å². The molecule has 35 heavy (non-hydrogen) atoms. The number of aromatic nitrogens is 2. The van der Waals surface area contributed by atoms with Gasteiger partial charge in [-0.25, -0.2) is 9.78 Å². The first kappa shape index (κ1) is 23.0. The molecule has 0 amide bonds. The lowest BCUT2D eigenvalue weighted by Crippen LogP contribution is -2.02. The van der Waals surface area contributed by atoms with Crippen molar-refractivity contribution in [3.05, 3.63) is 124 Å². The molecule has 5 aromatic rings. The number of aromatic carboxylic acids is 1. The zero-order chi connectivity index (χ0) is 24.2.